The second kappa shape index (κ2) is 13.3. The zero-order valence-corrected chi connectivity index (χ0v) is 22.2. The second-order valence-electron chi connectivity index (χ2n) is 8.14. The van der Waals surface area contributed by atoms with Gasteiger partial charge in [0.2, 0.25) is 21.8 Å². The summed E-state index contributed by atoms with van der Waals surface area (Å²) in [6, 6.07) is 12.8. The second-order valence-corrected chi connectivity index (χ2v) is 10.5. The van der Waals surface area contributed by atoms with Gasteiger partial charge in [-0.15, -0.1) is 0 Å². The minimum absolute atomic E-state index is 0.114. The van der Waals surface area contributed by atoms with Crippen molar-refractivity contribution in [3.63, 3.8) is 0 Å². The third kappa shape index (κ3) is 8.43. The summed E-state index contributed by atoms with van der Waals surface area (Å²) in [6.07, 6.45) is 2.78. The average molecular weight is 524 g/mol. The van der Waals surface area contributed by atoms with Crippen LogP contribution < -0.4 is 14.4 Å². The number of sulfonamides is 1. The van der Waals surface area contributed by atoms with E-state index in [9.17, 15) is 18.0 Å². The highest BCUT2D eigenvalue weighted by atomic mass is 35.5. The number of hydrogen-bond donors (Lipinski definition) is 1. The lowest BCUT2D eigenvalue weighted by Gasteiger charge is -2.32. The summed E-state index contributed by atoms with van der Waals surface area (Å²) >= 11 is 5.99. The first-order valence-corrected chi connectivity index (χ1v) is 13.8. The number of rotatable bonds is 13. The molecular formula is C25H34ClN3O5S. The number of nitrogens with one attached hydrogen (secondary N) is 1. The Labute approximate surface area is 213 Å². The Morgan fingerprint density at radius 1 is 1.09 bits per heavy atom. The van der Waals surface area contributed by atoms with Crippen molar-refractivity contribution in [3.8, 4) is 5.75 Å². The van der Waals surface area contributed by atoms with E-state index in [0.29, 0.717) is 23.9 Å². The number of para-hydroxylation sites is 2. The van der Waals surface area contributed by atoms with E-state index in [1.54, 1.807) is 62.4 Å². The SMILES string of the molecule is CCCCNC(=O)[C@@H](C)N(Cc1ccc(Cl)cc1)C(=O)CN(c1ccccc1OCC)S(C)(=O)=O. The lowest BCUT2D eigenvalue weighted by Crippen LogP contribution is -2.51. The first-order chi connectivity index (χ1) is 16.6. The first kappa shape index (κ1) is 28.5. The van der Waals surface area contributed by atoms with Crippen LogP contribution in [0.4, 0.5) is 5.69 Å². The van der Waals surface area contributed by atoms with Crippen LogP contribution in [0.3, 0.4) is 0 Å². The molecule has 2 aromatic rings. The van der Waals surface area contributed by atoms with Gasteiger partial charge in [-0.05, 0) is 50.1 Å². The molecule has 0 aromatic heterocycles. The van der Waals surface area contributed by atoms with Crippen LogP contribution in [-0.2, 0) is 26.2 Å². The lowest BCUT2D eigenvalue weighted by molar-refractivity contribution is -0.139. The van der Waals surface area contributed by atoms with Crippen LogP contribution in [0, 0.1) is 0 Å². The fraction of sp³-hybridized carbons (Fsp3) is 0.440. The quantitative estimate of drug-likeness (QED) is 0.402. The summed E-state index contributed by atoms with van der Waals surface area (Å²) in [4.78, 5) is 27.8. The van der Waals surface area contributed by atoms with Crippen molar-refractivity contribution in [3.05, 3.63) is 59.1 Å². The molecule has 0 heterocycles. The third-order valence-corrected chi connectivity index (χ3v) is 6.75. The Bertz CT molecular complexity index is 1090. The molecule has 2 aromatic carbocycles. The van der Waals surface area contributed by atoms with E-state index < -0.39 is 28.5 Å². The Morgan fingerprint density at radius 3 is 2.34 bits per heavy atom. The van der Waals surface area contributed by atoms with Gasteiger partial charge in [-0.25, -0.2) is 8.42 Å². The largest absolute Gasteiger partial charge is 0.492 e. The summed E-state index contributed by atoms with van der Waals surface area (Å²) in [6.45, 7) is 5.91. The molecule has 8 nitrogen and oxygen atoms in total. The summed E-state index contributed by atoms with van der Waals surface area (Å²) in [7, 11) is -3.84. The van der Waals surface area contributed by atoms with E-state index in [1.165, 1.54) is 4.90 Å². The van der Waals surface area contributed by atoms with Crippen LogP contribution in [0.25, 0.3) is 0 Å². The van der Waals surface area contributed by atoms with Gasteiger partial charge in [0.25, 0.3) is 0 Å². The van der Waals surface area contributed by atoms with Crippen molar-refractivity contribution in [2.24, 2.45) is 0 Å². The predicted octanol–water partition coefficient (Wildman–Crippen LogP) is 3.84. The fourth-order valence-electron chi connectivity index (χ4n) is 3.44. The van der Waals surface area contributed by atoms with E-state index in [-0.39, 0.29) is 18.1 Å². The van der Waals surface area contributed by atoms with Crippen LogP contribution in [0.5, 0.6) is 5.75 Å². The summed E-state index contributed by atoms with van der Waals surface area (Å²) < 4.78 is 32.1. The van der Waals surface area contributed by atoms with Crippen molar-refractivity contribution in [2.45, 2.75) is 46.2 Å². The molecule has 0 saturated carbocycles. The number of hydrogen-bond acceptors (Lipinski definition) is 5. The van der Waals surface area contributed by atoms with E-state index in [2.05, 4.69) is 5.32 Å². The molecule has 0 unspecified atom stereocenters. The van der Waals surface area contributed by atoms with E-state index in [4.69, 9.17) is 16.3 Å². The first-order valence-electron chi connectivity index (χ1n) is 11.6. The molecule has 35 heavy (non-hydrogen) atoms. The zero-order valence-electron chi connectivity index (χ0n) is 20.7. The molecule has 1 N–H and O–H groups in total. The summed E-state index contributed by atoms with van der Waals surface area (Å²) in [5.41, 5.74) is 1.02. The topological polar surface area (TPSA) is 96.0 Å². The molecular weight excluding hydrogens is 490 g/mol. The van der Waals surface area contributed by atoms with E-state index in [0.717, 1.165) is 29.0 Å². The summed E-state index contributed by atoms with van der Waals surface area (Å²) in [5.74, 6) is -0.473. The minimum atomic E-state index is -3.84. The monoisotopic (exact) mass is 523 g/mol. The van der Waals surface area contributed by atoms with Crippen molar-refractivity contribution in [1.29, 1.82) is 0 Å². The number of anilines is 1. The average Bonchev–Trinajstić information content (AvgIpc) is 2.81. The summed E-state index contributed by atoms with van der Waals surface area (Å²) in [5, 5.41) is 3.40. The molecule has 2 rings (SSSR count). The molecule has 0 radical (unpaired) electrons. The molecule has 0 bridgehead atoms. The maximum atomic E-state index is 13.6. The zero-order chi connectivity index (χ0) is 26.0. The van der Waals surface area contributed by atoms with Gasteiger partial charge in [0.1, 0.15) is 18.3 Å². The highest BCUT2D eigenvalue weighted by molar-refractivity contribution is 7.92. The molecule has 192 valence electrons. The number of carbonyl (C=O) groups is 2. The van der Waals surface area contributed by atoms with Gasteiger partial charge in [0, 0.05) is 18.1 Å². The normalized spacial score (nSPS) is 12.0. The van der Waals surface area contributed by atoms with Gasteiger partial charge in [-0.3, -0.25) is 13.9 Å². The maximum absolute atomic E-state index is 13.6. The maximum Gasteiger partial charge on any atom is 0.244 e. The number of halogens is 1. The number of ether oxygens (including phenoxy) is 1. The van der Waals surface area contributed by atoms with Crippen LogP contribution in [0.15, 0.2) is 48.5 Å². The molecule has 0 aliphatic heterocycles. The Balaban J connectivity index is 2.38. The Kier molecular flexibility index (Phi) is 10.9. The van der Waals surface area contributed by atoms with E-state index in [1.807, 2.05) is 6.92 Å². The molecule has 10 heteroatoms. The van der Waals surface area contributed by atoms with E-state index >= 15 is 0 Å². The third-order valence-electron chi connectivity index (χ3n) is 5.38. The van der Waals surface area contributed by atoms with Crippen molar-refractivity contribution >= 4 is 39.1 Å². The van der Waals surface area contributed by atoms with Gasteiger partial charge in [0.15, 0.2) is 0 Å². The number of amides is 2. The predicted molar refractivity (Wildman–Crippen MR) is 139 cm³/mol. The van der Waals surface area contributed by atoms with Crippen LogP contribution >= 0.6 is 11.6 Å². The van der Waals surface area contributed by atoms with Crippen LogP contribution in [0.2, 0.25) is 5.02 Å². The smallest absolute Gasteiger partial charge is 0.244 e. The molecule has 0 saturated heterocycles. The number of carbonyl (C=O) groups excluding carboxylic acids is 2. The van der Waals surface area contributed by atoms with Crippen LogP contribution in [0.1, 0.15) is 39.2 Å². The van der Waals surface area contributed by atoms with Gasteiger partial charge in [0.05, 0.1) is 18.6 Å². The Morgan fingerprint density at radius 2 is 1.74 bits per heavy atom. The molecule has 1 atom stereocenters. The highest BCUT2D eigenvalue weighted by Gasteiger charge is 2.31. The van der Waals surface area contributed by atoms with Crippen molar-refractivity contribution in [1.82, 2.24) is 10.2 Å². The Hall–Kier alpha value is -2.78. The van der Waals surface area contributed by atoms with Gasteiger partial charge >= 0.3 is 0 Å². The minimum Gasteiger partial charge on any atom is -0.492 e. The number of unbranched alkanes of at least 4 members (excludes halogenated alkanes) is 1. The molecule has 2 amide bonds. The highest BCUT2D eigenvalue weighted by Crippen LogP contribution is 2.30. The molecule has 0 aliphatic carbocycles. The molecule has 0 fully saturated rings. The van der Waals surface area contributed by atoms with Crippen LogP contribution in [-0.4, -0.2) is 57.1 Å². The molecule has 0 aliphatic rings. The van der Waals surface area contributed by atoms with Crippen molar-refractivity contribution < 1.29 is 22.7 Å². The standard InChI is InChI=1S/C25H34ClN3O5S/c1-5-7-16-27-25(31)19(3)28(17-20-12-14-21(26)15-13-20)24(30)18-29(35(4,32)33)22-10-8-9-11-23(22)34-6-2/h8-15,19H,5-7,16-18H2,1-4H3,(H,27,31)/t19-/m1/s1. The fourth-order valence-corrected chi connectivity index (χ4v) is 4.42. The van der Waals surface area contributed by atoms with Gasteiger partial charge < -0.3 is 15.0 Å². The number of benzene rings is 2. The molecule has 0 spiro atoms. The van der Waals surface area contributed by atoms with Gasteiger partial charge in [-0.1, -0.05) is 49.2 Å². The lowest BCUT2D eigenvalue weighted by atomic mass is 10.1. The van der Waals surface area contributed by atoms with Crippen molar-refractivity contribution in [2.75, 3.05) is 30.3 Å². The van der Waals surface area contributed by atoms with Gasteiger partial charge in [-0.2, -0.15) is 0 Å². The number of nitrogens with zero attached hydrogens (tertiary/aromatic N) is 2.